The van der Waals surface area contributed by atoms with E-state index in [1.807, 2.05) is 0 Å². The molecular formula is C12H14N4O2S2. The SMILES string of the molecule is Cc1cc(C)nc(SS(=O)(=O)c2nc(C)cc(C)n2)n1. The summed E-state index contributed by atoms with van der Waals surface area (Å²) in [7, 11) is -3.15. The molecule has 0 atom stereocenters. The van der Waals surface area contributed by atoms with Crippen LogP contribution in [0.4, 0.5) is 0 Å². The van der Waals surface area contributed by atoms with Crippen LogP contribution in [0, 0.1) is 27.7 Å². The fourth-order valence-corrected chi connectivity index (χ4v) is 4.08. The van der Waals surface area contributed by atoms with Gasteiger partial charge in [-0.1, -0.05) is 0 Å². The van der Waals surface area contributed by atoms with Crippen molar-refractivity contribution in [2.24, 2.45) is 0 Å². The number of hydrogen-bond donors (Lipinski definition) is 0. The van der Waals surface area contributed by atoms with E-state index in [1.54, 1.807) is 39.8 Å². The van der Waals surface area contributed by atoms with E-state index < -0.39 is 8.87 Å². The predicted octanol–water partition coefficient (Wildman–Crippen LogP) is 1.98. The molecule has 0 aliphatic carbocycles. The summed E-state index contributed by atoms with van der Waals surface area (Å²) in [5.41, 5.74) is 2.66. The van der Waals surface area contributed by atoms with Crippen molar-refractivity contribution >= 4 is 19.7 Å². The molecule has 0 spiro atoms. The Labute approximate surface area is 121 Å². The van der Waals surface area contributed by atoms with Gasteiger partial charge in [0, 0.05) is 22.8 Å². The molecule has 0 unspecified atom stereocenters. The standard InChI is InChI=1S/C12H14N4O2S2/c1-7-5-8(2)14-11(13-7)19-20(17,18)12-15-9(3)6-10(4)16-12/h5-6H,1-4H3. The lowest BCUT2D eigenvalue weighted by molar-refractivity contribution is 0.600. The molecule has 0 bridgehead atoms. The monoisotopic (exact) mass is 310 g/mol. The Kier molecular flexibility index (Phi) is 4.05. The van der Waals surface area contributed by atoms with E-state index in [4.69, 9.17) is 0 Å². The molecule has 0 saturated heterocycles. The molecule has 8 heteroatoms. The van der Waals surface area contributed by atoms with E-state index in [0.717, 1.165) is 11.4 Å². The number of aryl methyl sites for hydroxylation is 4. The van der Waals surface area contributed by atoms with Gasteiger partial charge in [-0.3, -0.25) is 0 Å². The van der Waals surface area contributed by atoms with Gasteiger partial charge in [0.2, 0.25) is 5.16 Å². The van der Waals surface area contributed by atoms with Gasteiger partial charge in [-0.15, -0.1) is 0 Å². The quantitative estimate of drug-likeness (QED) is 0.633. The van der Waals surface area contributed by atoms with Gasteiger partial charge < -0.3 is 0 Å². The molecule has 0 radical (unpaired) electrons. The summed E-state index contributed by atoms with van der Waals surface area (Å²) >= 11 is 0. The molecule has 2 aromatic heterocycles. The van der Waals surface area contributed by atoms with Crippen molar-refractivity contribution in [1.29, 1.82) is 0 Å². The first-order chi connectivity index (χ1) is 9.26. The number of nitrogens with zero attached hydrogens (tertiary/aromatic N) is 4. The highest BCUT2D eigenvalue weighted by atomic mass is 33.1. The van der Waals surface area contributed by atoms with E-state index in [0.29, 0.717) is 22.2 Å². The minimum Gasteiger partial charge on any atom is -0.227 e. The van der Waals surface area contributed by atoms with Crippen LogP contribution in [0.3, 0.4) is 0 Å². The third kappa shape index (κ3) is 3.51. The Bertz CT molecular complexity index is 720. The largest absolute Gasteiger partial charge is 0.272 e. The first-order valence-corrected chi connectivity index (χ1v) is 8.67. The molecule has 2 rings (SSSR count). The molecule has 0 aliphatic rings. The first-order valence-electron chi connectivity index (χ1n) is 5.85. The molecule has 0 aromatic carbocycles. The maximum Gasteiger partial charge on any atom is 0.272 e. The number of rotatable bonds is 3. The van der Waals surface area contributed by atoms with Crippen LogP contribution in [-0.4, -0.2) is 28.4 Å². The summed E-state index contributed by atoms with van der Waals surface area (Å²) in [4.78, 5) is 16.2. The van der Waals surface area contributed by atoms with Crippen molar-refractivity contribution in [2.45, 2.75) is 38.0 Å². The second-order valence-corrected chi connectivity index (χ2v) is 8.03. The molecule has 6 nitrogen and oxygen atoms in total. The third-order valence-electron chi connectivity index (χ3n) is 2.33. The van der Waals surface area contributed by atoms with Crippen molar-refractivity contribution < 1.29 is 8.42 Å². The average Bonchev–Trinajstić information content (AvgIpc) is 2.25. The summed E-state index contributed by atoms with van der Waals surface area (Å²) in [6, 6.07) is 3.50. The predicted molar refractivity (Wildman–Crippen MR) is 76.1 cm³/mol. The van der Waals surface area contributed by atoms with Gasteiger partial charge in [0.05, 0.1) is 10.8 Å². The summed E-state index contributed by atoms with van der Waals surface area (Å²) in [5, 5.41) is -0.0204. The van der Waals surface area contributed by atoms with E-state index in [9.17, 15) is 8.42 Å². The van der Waals surface area contributed by atoms with E-state index >= 15 is 0 Å². The lowest BCUT2D eigenvalue weighted by Gasteiger charge is -2.05. The third-order valence-corrected chi connectivity index (χ3v) is 5.06. The molecule has 0 fully saturated rings. The van der Waals surface area contributed by atoms with Crippen molar-refractivity contribution in [1.82, 2.24) is 19.9 Å². The van der Waals surface area contributed by atoms with E-state index in [-0.39, 0.29) is 10.3 Å². The summed E-state index contributed by atoms with van der Waals surface area (Å²) in [6.07, 6.45) is 0. The summed E-state index contributed by atoms with van der Waals surface area (Å²) in [6.45, 7) is 7.04. The maximum absolute atomic E-state index is 12.3. The van der Waals surface area contributed by atoms with Crippen LogP contribution in [-0.2, 0) is 8.87 Å². The molecule has 0 N–H and O–H groups in total. The van der Waals surface area contributed by atoms with Crippen molar-refractivity contribution in [3.05, 3.63) is 34.9 Å². The lowest BCUT2D eigenvalue weighted by Crippen LogP contribution is -2.06. The smallest absolute Gasteiger partial charge is 0.227 e. The van der Waals surface area contributed by atoms with Crippen LogP contribution in [0.5, 0.6) is 0 Å². The van der Waals surface area contributed by atoms with Gasteiger partial charge in [-0.05, 0) is 39.8 Å². The Morgan fingerprint density at radius 1 is 0.800 bits per heavy atom. The van der Waals surface area contributed by atoms with Gasteiger partial charge in [0.25, 0.3) is 14.0 Å². The molecule has 2 aromatic rings. The zero-order valence-corrected chi connectivity index (χ0v) is 13.2. The summed E-state index contributed by atoms with van der Waals surface area (Å²) in [5.74, 6) is 0. The Balaban J connectivity index is 2.40. The van der Waals surface area contributed by atoms with Crippen LogP contribution in [0.2, 0.25) is 0 Å². The number of hydrogen-bond acceptors (Lipinski definition) is 7. The molecule has 106 valence electrons. The Hall–Kier alpha value is -1.54. The molecule has 0 saturated carbocycles. The second kappa shape index (κ2) is 5.45. The highest BCUT2D eigenvalue weighted by Gasteiger charge is 2.22. The minimum atomic E-state index is -3.72. The molecule has 0 aliphatic heterocycles. The Morgan fingerprint density at radius 3 is 1.65 bits per heavy atom. The van der Waals surface area contributed by atoms with Crippen LogP contribution in [0.15, 0.2) is 22.4 Å². The first kappa shape index (κ1) is 14.9. The fourth-order valence-electron chi connectivity index (χ4n) is 1.67. The number of aromatic nitrogens is 4. The van der Waals surface area contributed by atoms with Gasteiger partial charge in [0.15, 0.2) is 0 Å². The molecule has 2 heterocycles. The lowest BCUT2D eigenvalue weighted by atomic mass is 10.4. The minimum absolute atomic E-state index is 0.185. The topological polar surface area (TPSA) is 85.7 Å². The van der Waals surface area contributed by atoms with Gasteiger partial charge >= 0.3 is 0 Å². The molecule has 0 amide bonds. The van der Waals surface area contributed by atoms with Gasteiger partial charge in [0.1, 0.15) is 0 Å². The van der Waals surface area contributed by atoms with Gasteiger partial charge in [-0.2, -0.15) is 0 Å². The zero-order valence-electron chi connectivity index (χ0n) is 11.6. The van der Waals surface area contributed by atoms with Crippen molar-refractivity contribution in [3.8, 4) is 0 Å². The average molecular weight is 310 g/mol. The molecule has 20 heavy (non-hydrogen) atoms. The van der Waals surface area contributed by atoms with Crippen LogP contribution in [0.1, 0.15) is 22.8 Å². The van der Waals surface area contributed by atoms with Crippen LogP contribution < -0.4 is 0 Å². The van der Waals surface area contributed by atoms with Crippen LogP contribution in [0.25, 0.3) is 0 Å². The summed E-state index contributed by atoms with van der Waals surface area (Å²) < 4.78 is 24.6. The van der Waals surface area contributed by atoms with Crippen LogP contribution >= 0.6 is 10.8 Å². The second-order valence-electron chi connectivity index (χ2n) is 4.40. The highest BCUT2D eigenvalue weighted by molar-refractivity contribution is 8.71. The Morgan fingerprint density at radius 2 is 1.20 bits per heavy atom. The van der Waals surface area contributed by atoms with Crippen molar-refractivity contribution in [2.75, 3.05) is 0 Å². The zero-order chi connectivity index (χ0) is 14.9. The normalized spacial score (nSPS) is 11.6. The van der Waals surface area contributed by atoms with Gasteiger partial charge in [-0.25, -0.2) is 28.4 Å². The van der Waals surface area contributed by atoms with E-state index in [2.05, 4.69) is 19.9 Å². The van der Waals surface area contributed by atoms with E-state index in [1.165, 1.54) is 0 Å². The molecular weight excluding hydrogens is 296 g/mol. The maximum atomic E-state index is 12.3. The highest BCUT2D eigenvalue weighted by Crippen LogP contribution is 2.26. The fraction of sp³-hybridized carbons (Fsp3) is 0.333. The van der Waals surface area contributed by atoms with Crippen molar-refractivity contribution in [3.63, 3.8) is 0 Å².